The molecule has 0 amide bonds. The summed E-state index contributed by atoms with van der Waals surface area (Å²) in [6.45, 7) is 1.85. The van der Waals surface area contributed by atoms with Gasteiger partial charge in [-0.25, -0.2) is 0 Å². The molecular formula is C11H14O3. The van der Waals surface area contributed by atoms with Crippen LogP contribution >= 0.6 is 0 Å². The number of aldehydes is 1. The van der Waals surface area contributed by atoms with Crippen LogP contribution in [-0.2, 0) is 11.2 Å². The van der Waals surface area contributed by atoms with Crippen molar-refractivity contribution in [1.82, 2.24) is 0 Å². The zero-order valence-corrected chi connectivity index (χ0v) is 8.36. The Hall–Kier alpha value is -1.51. The van der Waals surface area contributed by atoms with Crippen LogP contribution in [0.25, 0.3) is 0 Å². The first-order valence-corrected chi connectivity index (χ1v) is 4.48. The maximum atomic E-state index is 10.4. The van der Waals surface area contributed by atoms with Gasteiger partial charge in [0.05, 0.1) is 7.11 Å². The first-order valence-electron chi connectivity index (χ1n) is 4.48. The van der Waals surface area contributed by atoms with Gasteiger partial charge in [-0.15, -0.1) is 0 Å². The van der Waals surface area contributed by atoms with Gasteiger partial charge in [-0.1, -0.05) is 13.0 Å². The van der Waals surface area contributed by atoms with Crippen molar-refractivity contribution in [3.8, 4) is 11.5 Å². The van der Waals surface area contributed by atoms with E-state index in [4.69, 9.17) is 4.74 Å². The Kier molecular flexibility index (Phi) is 3.51. The highest BCUT2D eigenvalue weighted by Crippen LogP contribution is 2.26. The standard InChI is InChI=1S/C11H14O3/c1-8(7-12)5-9-3-4-10(13)11(6-9)14-2/h3-4,6-8,13H,5H2,1-2H3. The largest absolute Gasteiger partial charge is 0.504 e. The number of carbonyl (C=O) groups is 1. The molecule has 14 heavy (non-hydrogen) atoms. The van der Waals surface area contributed by atoms with Crippen LogP contribution in [-0.4, -0.2) is 18.5 Å². The highest BCUT2D eigenvalue weighted by molar-refractivity contribution is 5.54. The molecule has 0 fully saturated rings. The maximum Gasteiger partial charge on any atom is 0.160 e. The lowest BCUT2D eigenvalue weighted by atomic mass is 10.0. The van der Waals surface area contributed by atoms with Gasteiger partial charge >= 0.3 is 0 Å². The van der Waals surface area contributed by atoms with Gasteiger partial charge in [-0.2, -0.15) is 0 Å². The minimum Gasteiger partial charge on any atom is -0.504 e. The highest BCUT2D eigenvalue weighted by Gasteiger charge is 2.05. The van der Waals surface area contributed by atoms with Crippen LogP contribution in [0.5, 0.6) is 11.5 Å². The number of hydrogen-bond donors (Lipinski definition) is 1. The number of ether oxygens (including phenoxy) is 1. The van der Waals surface area contributed by atoms with Crippen molar-refractivity contribution in [1.29, 1.82) is 0 Å². The summed E-state index contributed by atoms with van der Waals surface area (Å²) < 4.78 is 4.96. The second kappa shape index (κ2) is 4.65. The minimum absolute atomic E-state index is 0.00995. The molecule has 1 aromatic rings. The Morgan fingerprint density at radius 2 is 2.29 bits per heavy atom. The van der Waals surface area contributed by atoms with Crippen LogP contribution in [0.15, 0.2) is 18.2 Å². The van der Waals surface area contributed by atoms with Crippen molar-refractivity contribution in [3.63, 3.8) is 0 Å². The maximum absolute atomic E-state index is 10.4. The highest BCUT2D eigenvalue weighted by atomic mass is 16.5. The van der Waals surface area contributed by atoms with Crippen molar-refractivity contribution in [2.45, 2.75) is 13.3 Å². The molecule has 0 radical (unpaired) electrons. The quantitative estimate of drug-likeness (QED) is 0.743. The Balaban J connectivity index is 2.84. The van der Waals surface area contributed by atoms with E-state index in [1.807, 2.05) is 6.92 Å². The molecule has 0 spiro atoms. The molecule has 1 aromatic carbocycles. The Labute approximate surface area is 83.3 Å². The Bertz CT molecular complexity index is 320. The molecule has 0 aliphatic rings. The molecule has 3 nitrogen and oxygen atoms in total. The fourth-order valence-corrected chi connectivity index (χ4v) is 1.27. The van der Waals surface area contributed by atoms with Crippen LogP contribution in [0.4, 0.5) is 0 Å². The van der Waals surface area contributed by atoms with E-state index in [2.05, 4.69) is 0 Å². The second-order valence-electron chi connectivity index (χ2n) is 3.32. The van der Waals surface area contributed by atoms with Crippen LogP contribution in [0.1, 0.15) is 12.5 Å². The first-order chi connectivity index (χ1) is 6.67. The van der Waals surface area contributed by atoms with Crippen LogP contribution < -0.4 is 4.74 Å². The minimum atomic E-state index is -0.00995. The van der Waals surface area contributed by atoms with E-state index in [-0.39, 0.29) is 11.7 Å². The van der Waals surface area contributed by atoms with Crippen molar-refractivity contribution in [2.75, 3.05) is 7.11 Å². The van der Waals surface area contributed by atoms with Gasteiger partial charge in [-0.05, 0) is 24.1 Å². The molecule has 0 aliphatic heterocycles. The number of phenols is 1. The molecule has 0 aliphatic carbocycles. The third kappa shape index (κ3) is 2.49. The summed E-state index contributed by atoms with van der Waals surface area (Å²) in [5.74, 6) is 0.555. The topological polar surface area (TPSA) is 46.5 Å². The number of rotatable bonds is 4. The summed E-state index contributed by atoms with van der Waals surface area (Å²) in [6, 6.07) is 5.11. The molecule has 1 atom stereocenters. The van der Waals surface area contributed by atoms with Gasteiger partial charge in [0, 0.05) is 5.92 Å². The smallest absolute Gasteiger partial charge is 0.160 e. The normalized spacial score (nSPS) is 12.1. The van der Waals surface area contributed by atoms with Gasteiger partial charge in [0.15, 0.2) is 11.5 Å². The van der Waals surface area contributed by atoms with Crippen molar-refractivity contribution in [3.05, 3.63) is 23.8 Å². The summed E-state index contributed by atoms with van der Waals surface area (Å²) >= 11 is 0. The molecule has 0 bridgehead atoms. The molecule has 0 saturated heterocycles. The van der Waals surface area contributed by atoms with Crippen LogP contribution in [0.2, 0.25) is 0 Å². The number of methoxy groups -OCH3 is 1. The molecule has 0 aromatic heterocycles. The first kappa shape index (κ1) is 10.6. The third-order valence-electron chi connectivity index (χ3n) is 2.03. The summed E-state index contributed by atoms with van der Waals surface area (Å²) in [5.41, 5.74) is 0.985. The van der Waals surface area contributed by atoms with Gasteiger partial charge in [-0.3, -0.25) is 0 Å². The zero-order valence-electron chi connectivity index (χ0n) is 8.36. The SMILES string of the molecule is COc1cc(CC(C)C=O)ccc1O. The van der Waals surface area contributed by atoms with Crippen molar-refractivity contribution in [2.24, 2.45) is 5.92 Å². The fourth-order valence-electron chi connectivity index (χ4n) is 1.27. The number of benzene rings is 1. The second-order valence-corrected chi connectivity index (χ2v) is 3.32. The van der Waals surface area contributed by atoms with Crippen LogP contribution in [0, 0.1) is 5.92 Å². The lowest BCUT2D eigenvalue weighted by molar-refractivity contribution is -0.110. The van der Waals surface area contributed by atoms with E-state index in [0.29, 0.717) is 12.2 Å². The lowest BCUT2D eigenvalue weighted by Crippen LogP contribution is -2.00. The number of aromatic hydroxyl groups is 1. The van der Waals surface area contributed by atoms with E-state index in [9.17, 15) is 9.90 Å². The zero-order chi connectivity index (χ0) is 10.6. The van der Waals surface area contributed by atoms with Gasteiger partial charge in [0.25, 0.3) is 0 Å². The monoisotopic (exact) mass is 194 g/mol. The van der Waals surface area contributed by atoms with Crippen molar-refractivity contribution < 1.29 is 14.6 Å². The van der Waals surface area contributed by atoms with Gasteiger partial charge in [0.2, 0.25) is 0 Å². The van der Waals surface area contributed by atoms with Gasteiger partial charge in [0.1, 0.15) is 6.29 Å². The molecule has 1 rings (SSSR count). The average molecular weight is 194 g/mol. The fraction of sp³-hybridized carbons (Fsp3) is 0.364. The predicted octanol–water partition coefficient (Wildman–Crippen LogP) is 1.78. The molecular weight excluding hydrogens is 180 g/mol. The summed E-state index contributed by atoms with van der Waals surface area (Å²) in [6.07, 6.45) is 1.58. The van der Waals surface area contributed by atoms with Gasteiger partial charge < -0.3 is 14.6 Å². The lowest BCUT2D eigenvalue weighted by Gasteiger charge is -2.07. The Morgan fingerprint density at radius 1 is 1.57 bits per heavy atom. The van der Waals surface area contributed by atoms with E-state index in [1.54, 1.807) is 18.2 Å². The average Bonchev–Trinajstić information content (AvgIpc) is 2.20. The number of carbonyl (C=O) groups excluding carboxylic acids is 1. The predicted molar refractivity (Wildman–Crippen MR) is 53.6 cm³/mol. The molecule has 3 heteroatoms. The number of hydrogen-bond acceptors (Lipinski definition) is 3. The molecule has 0 heterocycles. The molecule has 1 unspecified atom stereocenters. The third-order valence-corrected chi connectivity index (χ3v) is 2.03. The molecule has 0 saturated carbocycles. The van der Waals surface area contributed by atoms with E-state index < -0.39 is 0 Å². The van der Waals surface area contributed by atoms with E-state index in [1.165, 1.54) is 7.11 Å². The Morgan fingerprint density at radius 3 is 2.86 bits per heavy atom. The van der Waals surface area contributed by atoms with E-state index >= 15 is 0 Å². The summed E-state index contributed by atoms with van der Waals surface area (Å²) in [5, 5.41) is 9.33. The number of phenolic OH excluding ortho intramolecular Hbond substituents is 1. The molecule has 76 valence electrons. The van der Waals surface area contributed by atoms with E-state index in [0.717, 1.165) is 11.8 Å². The summed E-state index contributed by atoms with van der Waals surface area (Å²) in [4.78, 5) is 10.4. The van der Waals surface area contributed by atoms with Crippen molar-refractivity contribution >= 4 is 6.29 Å². The summed E-state index contributed by atoms with van der Waals surface area (Å²) in [7, 11) is 1.50. The van der Waals surface area contributed by atoms with Crippen LogP contribution in [0.3, 0.4) is 0 Å². The molecule has 1 N–H and O–H groups in total.